The van der Waals surface area contributed by atoms with E-state index in [0.717, 1.165) is 24.3 Å². The van der Waals surface area contributed by atoms with Crippen LogP contribution in [0.5, 0.6) is 5.75 Å². The first kappa shape index (κ1) is 19.9. The SMILES string of the molecule is CCC(CC)(CN)NC(=O)c1nnn(-c2ccc(OC(C)C)cc2)c1C. The summed E-state index contributed by atoms with van der Waals surface area (Å²) in [7, 11) is 0. The Balaban J connectivity index is 2.23. The minimum absolute atomic E-state index is 0.115. The van der Waals surface area contributed by atoms with Crippen molar-refractivity contribution in [3.05, 3.63) is 35.7 Å². The minimum atomic E-state index is -0.414. The largest absolute Gasteiger partial charge is 0.491 e. The summed E-state index contributed by atoms with van der Waals surface area (Å²) in [5.74, 6) is 0.542. The molecule has 26 heavy (non-hydrogen) atoms. The normalized spacial score (nSPS) is 11.7. The van der Waals surface area contributed by atoms with Crippen molar-refractivity contribution in [2.75, 3.05) is 6.54 Å². The highest BCUT2D eigenvalue weighted by Gasteiger charge is 2.29. The van der Waals surface area contributed by atoms with Crippen LogP contribution in [0, 0.1) is 6.92 Å². The van der Waals surface area contributed by atoms with E-state index in [4.69, 9.17) is 10.5 Å². The average Bonchev–Trinajstić information content (AvgIpc) is 3.01. The number of nitrogens with two attached hydrogens (primary N) is 1. The lowest BCUT2D eigenvalue weighted by molar-refractivity contribution is 0.0889. The summed E-state index contributed by atoms with van der Waals surface area (Å²) < 4.78 is 7.30. The summed E-state index contributed by atoms with van der Waals surface area (Å²) in [6.07, 6.45) is 1.64. The van der Waals surface area contributed by atoms with Gasteiger partial charge in [-0.2, -0.15) is 0 Å². The van der Waals surface area contributed by atoms with Crippen LogP contribution >= 0.6 is 0 Å². The van der Waals surface area contributed by atoms with Crippen molar-refractivity contribution in [1.29, 1.82) is 0 Å². The van der Waals surface area contributed by atoms with Crippen LogP contribution in [0.25, 0.3) is 5.69 Å². The molecule has 0 fully saturated rings. The third-order valence-electron chi connectivity index (χ3n) is 4.69. The van der Waals surface area contributed by atoms with Gasteiger partial charge in [-0.1, -0.05) is 19.1 Å². The van der Waals surface area contributed by atoms with Crippen molar-refractivity contribution < 1.29 is 9.53 Å². The first-order valence-electron chi connectivity index (χ1n) is 9.07. The Bertz CT molecular complexity index is 725. The molecule has 142 valence electrons. The molecule has 2 rings (SSSR count). The fourth-order valence-electron chi connectivity index (χ4n) is 2.79. The van der Waals surface area contributed by atoms with Crippen LogP contribution in [-0.2, 0) is 0 Å². The Hall–Kier alpha value is -2.41. The maximum absolute atomic E-state index is 12.7. The van der Waals surface area contributed by atoms with Crippen LogP contribution in [0.1, 0.15) is 56.7 Å². The zero-order chi connectivity index (χ0) is 19.3. The number of amides is 1. The van der Waals surface area contributed by atoms with E-state index in [1.807, 2.05) is 58.9 Å². The van der Waals surface area contributed by atoms with E-state index in [1.54, 1.807) is 4.68 Å². The molecule has 3 N–H and O–H groups in total. The quantitative estimate of drug-likeness (QED) is 0.755. The maximum atomic E-state index is 12.7. The maximum Gasteiger partial charge on any atom is 0.274 e. The Kier molecular flexibility index (Phi) is 6.37. The molecule has 0 spiro atoms. The van der Waals surface area contributed by atoms with Crippen molar-refractivity contribution in [3.8, 4) is 11.4 Å². The Morgan fingerprint density at radius 3 is 2.38 bits per heavy atom. The number of carbonyl (C=O) groups excluding carboxylic acids is 1. The van der Waals surface area contributed by atoms with Gasteiger partial charge in [0.25, 0.3) is 5.91 Å². The van der Waals surface area contributed by atoms with Crippen LogP contribution in [0.15, 0.2) is 24.3 Å². The van der Waals surface area contributed by atoms with Crippen LogP contribution in [0.2, 0.25) is 0 Å². The first-order chi connectivity index (χ1) is 12.4. The predicted octanol–water partition coefficient (Wildman–Crippen LogP) is 2.61. The average molecular weight is 359 g/mol. The number of benzene rings is 1. The third-order valence-corrected chi connectivity index (χ3v) is 4.69. The Morgan fingerprint density at radius 1 is 1.27 bits per heavy atom. The van der Waals surface area contributed by atoms with Gasteiger partial charge >= 0.3 is 0 Å². The van der Waals surface area contributed by atoms with Crippen LogP contribution in [0.3, 0.4) is 0 Å². The summed E-state index contributed by atoms with van der Waals surface area (Å²) in [5.41, 5.74) is 7.27. The number of aromatic nitrogens is 3. The number of ether oxygens (including phenoxy) is 1. The summed E-state index contributed by atoms with van der Waals surface area (Å²) in [4.78, 5) is 12.7. The van der Waals surface area contributed by atoms with Crippen LogP contribution in [0.4, 0.5) is 0 Å². The molecular weight excluding hydrogens is 330 g/mol. The van der Waals surface area contributed by atoms with Crippen molar-refractivity contribution in [2.45, 2.75) is 59.1 Å². The van der Waals surface area contributed by atoms with Gasteiger partial charge < -0.3 is 15.8 Å². The molecule has 0 unspecified atom stereocenters. The lowest BCUT2D eigenvalue weighted by Crippen LogP contribution is -2.53. The van der Waals surface area contributed by atoms with Crippen molar-refractivity contribution in [1.82, 2.24) is 20.3 Å². The lowest BCUT2D eigenvalue weighted by atomic mass is 9.92. The lowest BCUT2D eigenvalue weighted by Gasteiger charge is -2.31. The molecule has 1 amide bonds. The number of hydrogen-bond donors (Lipinski definition) is 2. The summed E-state index contributed by atoms with van der Waals surface area (Å²) in [6.45, 7) is 10.2. The summed E-state index contributed by atoms with van der Waals surface area (Å²) >= 11 is 0. The smallest absolute Gasteiger partial charge is 0.274 e. The molecule has 0 saturated heterocycles. The van der Waals surface area contributed by atoms with Crippen molar-refractivity contribution in [3.63, 3.8) is 0 Å². The second-order valence-electron chi connectivity index (χ2n) is 6.74. The molecule has 0 saturated carbocycles. The Morgan fingerprint density at radius 2 is 1.88 bits per heavy atom. The standard InChI is InChI=1S/C19H29N5O2/c1-6-19(7-2,12-20)21-18(25)17-14(5)24(23-22-17)15-8-10-16(11-9-15)26-13(3)4/h8-11,13H,6-7,12,20H2,1-5H3,(H,21,25). The molecular formula is C19H29N5O2. The molecule has 0 aliphatic carbocycles. The second-order valence-corrected chi connectivity index (χ2v) is 6.74. The van der Waals surface area contributed by atoms with Gasteiger partial charge in [0.15, 0.2) is 5.69 Å². The number of rotatable bonds is 8. The van der Waals surface area contributed by atoms with E-state index in [9.17, 15) is 4.79 Å². The molecule has 0 atom stereocenters. The monoisotopic (exact) mass is 359 g/mol. The van der Waals surface area contributed by atoms with Crippen LogP contribution in [-0.4, -0.2) is 39.1 Å². The van der Waals surface area contributed by atoms with Gasteiger partial charge in [0.1, 0.15) is 5.75 Å². The molecule has 0 radical (unpaired) electrons. The number of nitrogens with zero attached hydrogens (tertiary/aromatic N) is 3. The molecule has 1 aromatic carbocycles. The predicted molar refractivity (Wildman–Crippen MR) is 102 cm³/mol. The van der Waals surface area contributed by atoms with Gasteiger partial charge in [0, 0.05) is 6.54 Å². The highest BCUT2D eigenvalue weighted by molar-refractivity contribution is 5.93. The number of carbonyl (C=O) groups is 1. The zero-order valence-electron chi connectivity index (χ0n) is 16.2. The fourth-order valence-corrected chi connectivity index (χ4v) is 2.79. The highest BCUT2D eigenvalue weighted by Crippen LogP contribution is 2.19. The minimum Gasteiger partial charge on any atom is -0.491 e. The van der Waals surface area contributed by atoms with Crippen molar-refractivity contribution >= 4 is 5.91 Å². The van der Waals surface area contributed by atoms with Crippen molar-refractivity contribution in [2.24, 2.45) is 5.73 Å². The molecule has 0 bridgehead atoms. The molecule has 7 heteroatoms. The molecule has 0 aliphatic rings. The highest BCUT2D eigenvalue weighted by atomic mass is 16.5. The van der Waals surface area contributed by atoms with E-state index < -0.39 is 5.54 Å². The van der Waals surface area contributed by atoms with E-state index in [-0.39, 0.29) is 12.0 Å². The molecule has 1 heterocycles. The van der Waals surface area contributed by atoms with E-state index >= 15 is 0 Å². The Labute approximate surface area is 154 Å². The van der Waals surface area contributed by atoms with Gasteiger partial charge in [-0.15, -0.1) is 5.10 Å². The first-order valence-corrected chi connectivity index (χ1v) is 9.07. The topological polar surface area (TPSA) is 95.1 Å². The van der Waals surface area contributed by atoms with Gasteiger partial charge in [0.05, 0.1) is 23.0 Å². The number of hydrogen-bond acceptors (Lipinski definition) is 5. The summed E-state index contributed by atoms with van der Waals surface area (Å²) in [5, 5.41) is 11.3. The second kappa shape index (κ2) is 8.31. The van der Waals surface area contributed by atoms with E-state index in [1.165, 1.54) is 0 Å². The molecule has 1 aromatic heterocycles. The van der Waals surface area contributed by atoms with E-state index in [2.05, 4.69) is 15.6 Å². The molecule has 7 nitrogen and oxygen atoms in total. The molecule has 2 aromatic rings. The third kappa shape index (κ3) is 4.22. The van der Waals surface area contributed by atoms with Gasteiger partial charge in [0.2, 0.25) is 0 Å². The fraction of sp³-hybridized carbons (Fsp3) is 0.526. The molecule has 0 aliphatic heterocycles. The number of nitrogens with one attached hydrogen (secondary N) is 1. The summed E-state index contributed by atoms with van der Waals surface area (Å²) in [6, 6.07) is 7.54. The van der Waals surface area contributed by atoms with Gasteiger partial charge in [-0.25, -0.2) is 4.68 Å². The van der Waals surface area contributed by atoms with Gasteiger partial charge in [-0.05, 0) is 57.9 Å². The van der Waals surface area contributed by atoms with Crippen LogP contribution < -0.4 is 15.8 Å². The van der Waals surface area contributed by atoms with E-state index in [0.29, 0.717) is 17.9 Å². The zero-order valence-corrected chi connectivity index (χ0v) is 16.2. The van der Waals surface area contributed by atoms with Gasteiger partial charge in [-0.3, -0.25) is 4.79 Å².